The van der Waals surface area contributed by atoms with Gasteiger partial charge in [-0.2, -0.15) is 10.4 Å². The fourth-order valence-electron chi connectivity index (χ4n) is 2.15. The molecule has 3 rings (SSSR count). The van der Waals surface area contributed by atoms with E-state index < -0.39 is 0 Å². The summed E-state index contributed by atoms with van der Waals surface area (Å²) in [7, 11) is 1.53. The maximum Gasteiger partial charge on any atom is 0.269 e. The number of hydrogen-bond donors (Lipinski definition) is 2. The molecule has 8 heteroatoms. The molecule has 0 aliphatic heterocycles. The molecular formula is C16H13N5O2S. The highest BCUT2D eigenvalue weighted by atomic mass is 32.1. The minimum atomic E-state index is -0.236. The lowest BCUT2D eigenvalue weighted by Gasteiger charge is -2.08. The molecule has 0 aliphatic rings. The van der Waals surface area contributed by atoms with Crippen LogP contribution in [0.2, 0.25) is 0 Å². The van der Waals surface area contributed by atoms with Crippen LogP contribution in [0, 0.1) is 11.3 Å². The molecule has 3 N–H and O–H groups in total. The van der Waals surface area contributed by atoms with Crippen molar-refractivity contribution in [3.8, 4) is 17.5 Å². The van der Waals surface area contributed by atoms with E-state index in [2.05, 4.69) is 10.4 Å². The van der Waals surface area contributed by atoms with Crippen LogP contribution in [0.4, 0.5) is 11.5 Å². The highest BCUT2D eigenvalue weighted by Crippen LogP contribution is 2.26. The number of methoxy groups -OCH3 is 1. The van der Waals surface area contributed by atoms with Gasteiger partial charge in [-0.05, 0) is 35.7 Å². The van der Waals surface area contributed by atoms with Gasteiger partial charge in [0, 0.05) is 5.69 Å². The monoisotopic (exact) mass is 339 g/mol. The summed E-state index contributed by atoms with van der Waals surface area (Å²) in [5.74, 6) is 0.583. The fourth-order valence-corrected chi connectivity index (χ4v) is 2.90. The van der Waals surface area contributed by atoms with E-state index in [4.69, 9.17) is 15.7 Å². The van der Waals surface area contributed by atoms with E-state index in [1.54, 1.807) is 35.7 Å². The first-order valence-electron chi connectivity index (χ1n) is 6.91. The van der Waals surface area contributed by atoms with Crippen molar-refractivity contribution in [2.45, 2.75) is 0 Å². The zero-order valence-electron chi connectivity index (χ0n) is 12.7. The number of carbonyl (C=O) groups is 1. The van der Waals surface area contributed by atoms with Gasteiger partial charge in [0.05, 0.1) is 19.0 Å². The van der Waals surface area contributed by atoms with Crippen LogP contribution in [0.15, 0.2) is 41.9 Å². The Bertz CT molecular complexity index is 921. The SMILES string of the molecule is COc1ccsc1C(=O)Nc1ccc(-n2ncc(C#N)c2N)cc1. The van der Waals surface area contributed by atoms with Crippen LogP contribution in [0.5, 0.6) is 5.75 Å². The highest BCUT2D eigenvalue weighted by Gasteiger charge is 2.14. The average molecular weight is 339 g/mol. The highest BCUT2D eigenvalue weighted by molar-refractivity contribution is 7.12. The second-order valence-electron chi connectivity index (χ2n) is 4.79. The summed E-state index contributed by atoms with van der Waals surface area (Å²) in [5.41, 5.74) is 7.50. The van der Waals surface area contributed by atoms with Crippen LogP contribution in [0.1, 0.15) is 15.2 Å². The molecule has 0 atom stereocenters. The minimum absolute atomic E-state index is 0.236. The van der Waals surface area contributed by atoms with E-state index >= 15 is 0 Å². The molecule has 2 heterocycles. The molecule has 24 heavy (non-hydrogen) atoms. The van der Waals surface area contributed by atoms with E-state index in [-0.39, 0.29) is 11.7 Å². The zero-order chi connectivity index (χ0) is 17.1. The van der Waals surface area contributed by atoms with Crippen molar-refractivity contribution in [1.29, 1.82) is 5.26 Å². The van der Waals surface area contributed by atoms with Gasteiger partial charge in [0.25, 0.3) is 5.91 Å². The fraction of sp³-hybridized carbons (Fsp3) is 0.0625. The van der Waals surface area contributed by atoms with Gasteiger partial charge in [-0.15, -0.1) is 11.3 Å². The lowest BCUT2D eigenvalue weighted by molar-refractivity contribution is 0.102. The Morgan fingerprint density at radius 2 is 2.12 bits per heavy atom. The molecule has 1 amide bonds. The van der Waals surface area contributed by atoms with Gasteiger partial charge in [0.2, 0.25) is 0 Å². The number of nitrogens with two attached hydrogens (primary N) is 1. The van der Waals surface area contributed by atoms with Gasteiger partial charge in [0.15, 0.2) is 0 Å². The molecule has 0 aliphatic carbocycles. The number of rotatable bonds is 4. The van der Waals surface area contributed by atoms with Crippen molar-refractivity contribution < 1.29 is 9.53 Å². The third-order valence-electron chi connectivity index (χ3n) is 3.35. The van der Waals surface area contributed by atoms with Crippen molar-refractivity contribution in [3.05, 3.63) is 52.3 Å². The summed E-state index contributed by atoms with van der Waals surface area (Å²) in [6.45, 7) is 0. The number of nitrogen functional groups attached to an aromatic ring is 1. The first-order chi connectivity index (χ1) is 11.6. The molecule has 7 nitrogen and oxygen atoms in total. The topological polar surface area (TPSA) is 106 Å². The van der Waals surface area contributed by atoms with Crippen LogP contribution < -0.4 is 15.8 Å². The van der Waals surface area contributed by atoms with Crippen LogP contribution in [-0.2, 0) is 0 Å². The van der Waals surface area contributed by atoms with Crippen LogP contribution in [-0.4, -0.2) is 22.8 Å². The van der Waals surface area contributed by atoms with Crippen molar-refractivity contribution in [3.63, 3.8) is 0 Å². The predicted molar refractivity (Wildman–Crippen MR) is 91.5 cm³/mol. The number of benzene rings is 1. The summed E-state index contributed by atoms with van der Waals surface area (Å²) in [6, 6.07) is 10.7. The van der Waals surface area contributed by atoms with Crippen molar-refractivity contribution in [2.24, 2.45) is 0 Å². The van der Waals surface area contributed by atoms with Gasteiger partial charge >= 0.3 is 0 Å². The zero-order valence-corrected chi connectivity index (χ0v) is 13.5. The lowest BCUT2D eigenvalue weighted by Crippen LogP contribution is -2.11. The Morgan fingerprint density at radius 3 is 2.75 bits per heavy atom. The average Bonchev–Trinajstić information content (AvgIpc) is 3.21. The van der Waals surface area contributed by atoms with Gasteiger partial charge in [0.1, 0.15) is 28.1 Å². The quantitative estimate of drug-likeness (QED) is 0.760. The number of ether oxygens (including phenoxy) is 1. The van der Waals surface area contributed by atoms with Gasteiger partial charge in [-0.25, -0.2) is 4.68 Å². The van der Waals surface area contributed by atoms with Gasteiger partial charge in [-0.3, -0.25) is 4.79 Å². The van der Waals surface area contributed by atoms with Crippen LogP contribution in [0.3, 0.4) is 0 Å². The lowest BCUT2D eigenvalue weighted by atomic mass is 10.2. The Balaban J connectivity index is 1.79. The number of amides is 1. The van der Waals surface area contributed by atoms with E-state index in [1.807, 2.05) is 6.07 Å². The molecular weight excluding hydrogens is 326 g/mol. The molecule has 0 unspecified atom stereocenters. The summed E-state index contributed by atoms with van der Waals surface area (Å²) in [6.07, 6.45) is 1.41. The van der Waals surface area contributed by atoms with E-state index in [9.17, 15) is 4.79 Å². The number of aromatic nitrogens is 2. The number of anilines is 2. The number of carbonyl (C=O) groups excluding carboxylic acids is 1. The first kappa shape index (κ1) is 15.6. The molecule has 0 saturated heterocycles. The van der Waals surface area contributed by atoms with Crippen molar-refractivity contribution >= 4 is 28.7 Å². The molecule has 0 bridgehead atoms. The smallest absolute Gasteiger partial charge is 0.269 e. The summed E-state index contributed by atoms with van der Waals surface area (Å²) in [4.78, 5) is 12.8. The van der Waals surface area contributed by atoms with Crippen molar-refractivity contribution in [1.82, 2.24) is 9.78 Å². The maximum absolute atomic E-state index is 12.3. The molecule has 0 radical (unpaired) electrons. The Kier molecular flexibility index (Phi) is 4.18. The Hall–Kier alpha value is -3.31. The number of nitrogens with one attached hydrogen (secondary N) is 1. The number of nitriles is 1. The summed E-state index contributed by atoms with van der Waals surface area (Å²) < 4.78 is 6.61. The Labute approximate surface area is 141 Å². The standard InChI is InChI=1S/C16H13N5O2S/c1-23-13-6-7-24-14(13)16(22)20-11-2-4-12(5-3-11)21-15(18)10(8-17)9-19-21/h2-7,9H,18H2,1H3,(H,20,22). The molecule has 2 aromatic heterocycles. The summed E-state index contributed by atoms with van der Waals surface area (Å²) in [5, 5.41) is 17.6. The maximum atomic E-state index is 12.3. The normalized spacial score (nSPS) is 10.2. The minimum Gasteiger partial charge on any atom is -0.495 e. The molecule has 0 spiro atoms. The van der Waals surface area contributed by atoms with E-state index in [0.29, 0.717) is 27.6 Å². The molecule has 3 aromatic rings. The molecule has 120 valence electrons. The number of hydrogen-bond acceptors (Lipinski definition) is 6. The second-order valence-corrected chi connectivity index (χ2v) is 5.70. The molecule has 0 saturated carbocycles. The largest absolute Gasteiger partial charge is 0.495 e. The van der Waals surface area contributed by atoms with Gasteiger partial charge in [-0.1, -0.05) is 0 Å². The van der Waals surface area contributed by atoms with E-state index in [0.717, 1.165) is 0 Å². The first-order valence-corrected chi connectivity index (χ1v) is 7.79. The van der Waals surface area contributed by atoms with Crippen LogP contribution in [0.25, 0.3) is 5.69 Å². The predicted octanol–water partition coefficient (Wildman–Crippen LogP) is 2.65. The van der Waals surface area contributed by atoms with Gasteiger partial charge < -0.3 is 15.8 Å². The van der Waals surface area contributed by atoms with Crippen LogP contribution >= 0.6 is 11.3 Å². The molecule has 0 fully saturated rings. The molecule has 1 aromatic carbocycles. The summed E-state index contributed by atoms with van der Waals surface area (Å²) >= 11 is 1.31. The second kappa shape index (κ2) is 6.44. The van der Waals surface area contributed by atoms with Crippen molar-refractivity contribution in [2.75, 3.05) is 18.2 Å². The Morgan fingerprint density at radius 1 is 1.38 bits per heavy atom. The number of nitrogens with zero attached hydrogens (tertiary/aromatic N) is 3. The third-order valence-corrected chi connectivity index (χ3v) is 4.25. The van der Waals surface area contributed by atoms with E-state index in [1.165, 1.54) is 29.3 Å². The third kappa shape index (κ3) is 2.80. The number of thiophene rings is 1.